The van der Waals surface area contributed by atoms with Gasteiger partial charge >= 0.3 is 0 Å². The summed E-state index contributed by atoms with van der Waals surface area (Å²) in [6, 6.07) is 9.81. The van der Waals surface area contributed by atoms with Crippen LogP contribution in [0.3, 0.4) is 0 Å². The number of rotatable bonds is 3. The molecular formula is C16H14BrF2NO. The van der Waals surface area contributed by atoms with Gasteiger partial charge in [0.15, 0.2) is 0 Å². The fourth-order valence-corrected chi connectivity index (χ4v) is 3.05. The van der Waals surface area contributed by atoms with Gasteiger partial charge < -0.3 is 10.5 Å². The van der Waals surface area contributed by atoms with Gasteiger partial charge in [0, 0.05) is 23.1 Å². The van der Waals surface area contributed by atoms with E-state index < -0.39 is 17.7 Å². The Balaban J connectivity index is 1.85. The molecule has 0 spiro atoms. The van der Waals surface area contributed by atoms with E-state index in [0.717, 1.165) is 11.3 Å². The Kier molecular flexibility index (Phi) is 3.95. The quantitative estimate of drug-likeness (QED) is 0.852. The van der Waals surface area contributed by atoms with Gasteiger partial charge in [-0.1, -0.05) is 18.2 Å². The summed E-state index contributed by atoms with van der Waals surface area (Å²) in [4.78, 5) is 0. The average molecular weight is 354 g/mol. The van der Waals surface area contributed by atoms with Crippen molar-refractivity contribution in [2.24, 2.45) is 5.73 Å². The summed E-state index contributed by atoms with van der Waals surface area (Å²) in [6.07, 6.45) is 0.124. The van der Waals surface area contributed by atoms with Crippen LogP contribution in [-0.4, -0.2) is 12.6 Å². The van der Waals surface area contributed by atoms with Crippen molar-refractivity contribution in [1.29, 1.82) is 0 Å². The van der Waals surface area contributed by atoms with Gasteiger partial charge in [-0.05, 0) is 40.5 Å². The normalized spacial score (nSPS) is 18.2. The lowest BCUT2D eigenvalue weighted by Crippen LogP contribution is -2.32. The largest absolute Gasteiger partial charge is 0.493 e. The molecule has 0 saturated carbocycles. The Morgan fingerprint density at radius 3 is 2.81 bits per heavy atom. The van der Waals surface area contributed by atoms with E-state index in [4.69, 9.17) is 10.5 Å². The molecule has 2 N–H and O–H groups in total. The van der Waals surface area contributed by atoms with Gasteiger partial charge in [0.25, 0.3) is 0 Å². The van der Waals surface area contributed by atoms with E-state index in [-0.39, 0.29) is 22.4 Å². The van der Waals surface area contributed by atoms with E-state index >= 15 is 0 Å². The van der Waals surface area contributed by atoms with E-state index in [1.165, 1.54) is 12.1 Å². The van der Waals surface area contributed by atoms with Crippen LogP contribution in [0.4, 0.5) is 8.78 Å². The fourth-order valence-electron chi connectivity index (χ4n) is 2.68. The SMILES string of the molecule is NC(Cc1c(F)ccc(Br)c1F)C1COc2ccccc21. The lowest BCUT2D eigenvalue weighted by Gasteiger charge is -2.19. The summed E-state index contributed by atoms with van der Waals surface area (Å²) in [5, 5.41) is 0. The topological polar surface area (TPSA) is 35.2 Å². The van der Waals surface area contributed by atoms with Crippen LogP contribution in [-0.2, 0) is 6.42 Å². The second kappa shape index (κ2) is 5.73. The van der Waals surface area contributed by atoms with Crippen LogP contribution in [0.5, 0.6) is 5.75 Å². The van der Waals surface area contributed by atoms with Gasteiger partial charge in [-0.2, -0.15) is 0 Å². The van der Waals surface area contributed by atoms with E-state index in [2.05, 4.69) is 15.9 Å². The third kappa shape index (κ3) is 2.68. The molecule has 1 aliphatic rings. The highest BCUT2D eigenvalue weighted by Crippen LogP contribution is 2.36. The van der Waals surface area contributed by atoms with Crippen molar-refractivity contribution in [3.63, 3.8) is 0 Å². The molecule has 0 aliphatic carbocycles. The van der Waals surface area contributed by atoms with E-state index in [1.807, 2.05) is 24.3 Å². The molecule has 0 aromatic heterocycles. The van der Waals surface area contributed by atoms with Gasteiger partial charge in [-0.3, -0.25) is 0 Å². The van der Waals surface area contributed by atoms with Crippen molar-refractivity contribution in [3.8, 4) is 5.75 Å². The second-order valence-corrected chi connectivity index (χ2v) is 6.00. The summed E-state index contributed by atoms with van der Waals surface area (Å²) in [7, 11) is 0. The molecule has 1 heterocycles. The minimum atomic E-state index is -0.586. The van der Waals surface area contributed by atoms with Crippen molar-refractivity contribution >= 4 is 15.9 Å². The predicted octanol–water partition coefficient (Wildman–Crippen LogP) is 3.77. The average Bonchev–Trinajstić information content (AvgIpc) is 2.91. The molecule has 5 heteroatoms. The third-order valence-electron chi connectivity index (χ3n) is 3.83. The maximum Gasteiger partial charge on any atom is 0.143 e. The number of halogens is 3. The van der Waals surface area contributed by atoms with Crippen LogP contribution in [0, 0.1) is 11.6 Å². The molecule has 0 bridgehead atoms. The zero-order chi connectivity index (χ0) is 15.0. The number of hydrogen-bond acceptors (Lipinski definition) is 2. The summed E-state index contributed by atoms with van der Waals surface area (Å²) in [6.45, 7) is 0.442. The maximum atomic E-state index is 14.0. The number of fused-ring (bicyclic) bond motifs is 1. The number of hydrogen-bond donors (Lipinski definition) is 1. The van der Waals surface area contributed by atoms with Crippen molar-refractivity contribution in [1.82, 2.24) is 0 Å². The highest BCUT2D eigenvalue weighted by atomic mass is 79.9. The van der Waals surface area contributed by atoms with Crippen LogP contribution in [0.25, 0.3) is 0 Å². The minimum Gasteiger partial charge on any atom is -0.493 e. The number of para-hydroxylation sites is 1. The summed E-state index contributed by atoms with van der Waals surface area (Å²) in [5.41, 5.74) is 7.20. The first-order valence-corrected chi connectivity index (χ1v) is 7.47. The van der Waals surface area contributed by atoms with Gasteiger partial charge in [-0.15, -0.1) is 0 Å². The zero-order valence-electron chi connectivity index (χ0n) is 11.2. The van der Waals surface area contributed by atoms with Crippen LogP contribution < -0.4 is 10.5 Å². The molecule has 2 atom stereocenters. The molecular weight excluding hydrogens is 340 g/mol. The molecule has 2 aromatic rings. The van der Waals surface area contributed by atoms with Crippen molar-refractivity contribution in [2.45, 2.75) is 18.4 Å². The smallest absolute Gasteiger partial charge is 0.143 e. The maximum absolute atomic E-state index is 14.0. The van der Waals surface area contributed by atoms with Gasteiger partial charge in [0.05, 0.1) is 11.1 Å². The molecule has 2 nitrogen and oxygen atoms in total. The van der Waals surface area contributed by atoms with E-state index in [9.17, 15) is 8.78 Å². The first-order valence-electron chi connectivity index (χ1n) is 6.67. The molecule has 21 heavy (non-hydrogen) atoms. The van der Waals surface area contributed by atoms with Crippen LogP contribution in [0.15, 0.2) is 40.9 Å². The first-order chi connectivity index (χ1) is 10.1. The van der Waals surface area contributed by atoms with Gasteiger partial charge in [-0.25, -0.2) is 8.78 Å². The van der Waals surface area contributed by atoms with Gasteiger partial charge in [0.2, 0.25) is 0 Å². The van der Waals surface area contributed by atoms with Crippen molar-refractivity contribution < 1.29 is 13.5 Å². The summed E-state index contributed by atoms with van der Waals surface area (Å²) >= 11 is 3.07. The fraction of sp³-hybridized carbons (Fsp3) is 0.250. The highest BCUT2D eigenvalue weighted by molar-refractivity contribution is 9.10. The molecule has 3 rings (SSSR count). The van der Waals surface area contributed by atoms with E-state index in [1.54, 1.807) is 0 Å². The number of ether oxygens (including phenoxy) is 1. The third-order valence-corrected chi connectivity index (χ3v) is 4.44. The molecule has 110 valence electrons. The lowest BCUT2D eigenvalue weighted by atomic mass is 9.89. The van der Waals surface area contributed by atoms with Crippen LogP contribution in [0.2, 0.25) is 0 Å². The molecule has 0 radical (unpaired) electrons. The first kappa shape index (κ1) is 14.5. The molecule has 1 aliphatic heterocycles. The lowest BCUT2D eigenvalue weighted by molar-refractivity contribution is 0.312. The van der Waals surface area contributed by atoms with Gasteiger partial charge in [0.1, 0.15) is 17.4 Å². The highest BCUT2D eigenvalue weighted by Gasteiger charge is 2.30. The van der Waals surface area contributed by atoms with Crippen molar-refractivity contribution in [2.75, 3.05) is 6.61 Å². The Labute approximate surface area is 130 Å². The molecule has 2 aromatic carbocycles. The Bertz CT molecular complexity index is 677. The van der Waals surface area contributed by atoms with E-state index in [0.29, 0.717) is 6.61 Å². The van der Waals surface area contributed by atoms with Crippen molar-refractivity contribution in [3.05, 3.63) is 63.6 Å². The molecule has 0 saturated heterocycles. The summed E-state index contributed by atoms with van der Waals surface area (Å²) < 4.78 is 33.7. The number of benzene rings is 2. The Morgan fingerprint density at radius 2 is 2.00 bits per heavy atom. The minimum absolute atomic E-state index is 0.0151. The zero-order valence-corrected chi connectivity index (χ0v) is 12.7. The van der Waals surface area contributed by atoms with Crippen LogP contribution >= 0.6 is 15.9 Å². The Hall–Kier alpha value is -1.46. The molecule has 0 amide bonds. The predicted molar refractivity (Wildman–Crippen MR) is 80.4 cm³/mol. The molecule has 2 unspecified atom stereocenters. The van der Waals surface area contributed by atoms with Crippen LogP contribution in [0.1, 0.15) is 17.0 Å². The second-order valence-electron chi connectivity index (χ2n) is 5.15. The Morgan fingerprint density at radius 1 is 1.24 bits per heavy atom. The summed E-state index contributed by atoms with van der Waals surface area (Å²) in [5.74, 6) is -0.414. The number of nitrogens with two attached hydrogens (primary N) is 1. The monoisotopic (exact) mass is 353 g/mol. The molecule has 0 fully saturated rings. The standard InChI is InChI=1S/C16H14BrF2NO/c17-12-5-6-13(18)10(16(12)19)7-14(20)11-8-21-15-4-2-1-3-9(11)15/h1-6,11,14H,7-8,20H2.